The second kappa shape index (κ2) is 3.64. The van der Waals surface area contributed by atoms with Crippen molar-refractivity contribution in [3.63, 3.8) is 0 Å². The van der Waals surface area contributed by atoms with Crippen LogP contribution < -0.4 is 0 Å². The molecule has 5 rings (SSSR count). The zero-order chi connectivity index (χ0) is 11.7. The Morgan fingerprint density at radius 2 is 1.11 bits per heavy atom. The van der Waals surface area contributed by atoms with Crippen LogP contribution in [0.5, 0.6) is 0 Å². The highest BCUT2D eigenvalue weighted by Crippen LogP contribution is 2.70. The normalized spacial score (nSPS) is 60.4. The van der Waals surface area contributed by atoms with Crippen molar-refractivity contribution in [2.45, 2.75) is 51.4 Å². The minimum absolute atomic E-state index is 1.02. The molecule has 0 aromatic heterocycles. The average molecular weight is 242 g/mol. The van der Waals surface area contributed by atoms with Crippen molar-refractivity contribution in [3.05, 3.63) is 12.2 Å². The van der Waals surface area contributed by atoms with Gasteiger partial charge in [0.05, 0.1) is 0 Å². The molecule has 0 aromatic rings. The largest absolute Gasteiger partial charge is 0.0848 e. The Hall–Kier alpha value is -0.260. The second-order valence-corrected chi connectivity index (χ2v) is 7.99. The Morgan fingerprint density at radius 3 is 1.67 bits per heavy atom. The first-order valence-corrected chi connectivity index (χ1v) is 8.62. The molecule has 0 radical (unpaired) electrons. The molecule has 8 unspecified atom stereocenters. The predicted molar refractivity (Wildman–Crippen MR) is 74.0 cm³/mol. The van der Waals surface area contributed by atoms with Gasteiger partial charge < -0.3 is 0 Å². The van der Waals surface area contributed by atoms with Crippen LogP contribution in [0.4, 0.5) is 0 Å². The Balaban J connectivity index is 1.49. The summed E-state index contributed by atoms with van der Waals surface area (Å²) in [6.07, 6.45) is 17.7. The van der Waals surface area contributed by atoms with Crippen molar-refractivity contribution in [2.24, 2.45) is 47.3 Å². The second-order valence-electron chi connectivity index (χ2n) is 7.99. The molecule has 98 valence electrons. The molecular formula is C18H26. The molecule has 0 heterocycles. The summed E-state index contributed by atoms with van der Waals surface area (Å²) in [4.78, 5) is 0. The lowest BCUT2D eigenvalue weighted by molar-refractivity contribution is 0.0694. The molecule has 18 heavy (non-hydrogen) atoms. The maximum Gasteiger partial charge on any atom is -0.0194 e. The number of rotatable bonds is 0. The van der Waals surface area contributed by atoms with Gasteiger partial charge in [0.2, 0.25) is 0 Å². The number of hydrogen-bond donors (Lipinski definition) is 0. The molecule has 0 saturated heterocycles. The van der Waals surface area contributed by atoms with Gasteiger partial charge in [0.15, 0.2) is 0 Å². The van der Waals surface area contributed by atoms with E-state index in [0.717, 1.165) is 47.3 Å². The summed E-state index contributed by atoms with van der Waals surface area (Å²) in [6.45, 7) is 0. The van der Waals surface area contributed by atoms with Gasteiger partial charge in [0, 0.05) is 0 Å². The zero-order valence-corrected chi connectivity index (χ0v) is 11.4. The quantitative estimate of drug-likeness (QED) is 0.428. The van der Waals surface area contributed by atoms with Crippen LogP contribution in [0.1, 0.15) is 51.4 Å². The summed E-state index contributed by atoms with van der Waals surface area (Å²) >= 11 is 0. The van der Waals surface area contributed by atoms with Crippen LogP contribution >= 0.6 is 0 Å². The molecule has 0 nitrogen and oxygen atoms in total. The summed E-state index contributed by atoms with van der Waals surface area (Å²) in [7, 11) is 0. The minimum Gasteiger partial charge on any atom is -0.0848 e. The van der Waals surface area contributed by atoms with Gasteiger partial charge in [-0.3, -0.25) is 0 Å². The van der Waals surface area contributed by atoms with Gasteiger partial charge in [0.25, 0.3) is 0 Å². The Morgan fingerprint density at radius 1 is 0.556 bits per heavy atom. The number of allylic oxidation sites excluding steroid dienone is 2. The number of hydrogen-bond acceptors (Lipinski definition) is 0. The molecule has 8 atom stereocenters. The standard InChI is InChI=1S/C18H26/c1-2-4-6-14-13(5-3-1)15-10-16(14)18-12-8-7-11(9-12)17(15)18/h7-8,11-18H,1-6,9-10H2. The average Bonchev–Trinajstić information content (AvgIpc) is 3.03. The fourth-order valence-corrected chi connectivity index (χ4v) is 7.26. The molecular weight excluding hydrogens is 216 g/mol. The van der Waals surface area contributed by atoms with Crippen LogP contribution in [0.3, 0.4) is 0 Å². The van der Waals surface area contributed by atoms with Crippen molar-refractivity contribution in [2.75, 3.05) is 0 Å². The Kier molecular flexibility index (Phi) is 2.13. The summed E-state index contributed by atoms with van der Waals surface area (Å²) in [5, 5.41) is 0. The van der Waals surface area contributed by atoms with Gasteiger partial charge >= 0.3 is 0 Å². The van der Waals surface area contributed by atoms with E-state index in [2.05, 4.69) is 12.2 Å². The van der Waals surface area contributed by atoms with Crippen molar-refractivity contribution in [3.8, 4) is 0 Å². The van der Waals surface area contributed by atoms with Crippen LogP contribution in [0.2, 0.25) is 0 Å². The highest BCUT2D eigenvalue weighted by Gasteiger charge is 2.63. The molecule has 0 amide bonds. The van der Waals surface area contributed by atoms with Gasteiger partial charge in [-0.1, -0.05) is 37.8 Å². The number of fused-ring (bicyclic) bond motifs is 12. The van der Waals surface area contributed by atoms with E-state index < -0.39 is 0 Å². The van der Waals surface area contributed by atoms with Crippen molar-refractivity contribution in [1.29, 1.82) is 0 Å². The van der Waals surface area contributed by atoms with Gasteiger partial charge in [-0.2, -0.15) is 0 Å². The first-order chi connectivity index (χ1) is 8.93. The molecule has 0 aromatic carbocycles. The molecule has 0 aliphatic heterocycles. The molecule has 5 aliphatic carbocycles. The van der Waals surface area contributed by atoms with E-state index in [-0.39, 0.29) is 0 Å². The molecule has 4 fully saturated rings. The van der Waals surface area contributed by atoms with Gasteiger partial charge in [-0.25, -0.2) is 0 Å². The lowest BCUT2D eigenvalue weighted by Gasteiger charge is -2.43. The molecule has 0 heteroatoms. The van der Waals surface area contributed by atoms with Crippen molar-refractivity contribution >= 4 is 0 Å². The molecule has 5 aliphatic rings. The Bertz CT molecular complexity index is 347. The molecule has 0 spiro atoms. The van der Waals surface area contributed by atoms with E-state index in [4.69, 9.17) is 0 Å². The predicted octanol–water partition coefficient (Wildman–Crippen LogP) is 4.66. The molecule has 4 bridgehead atoms. The van der Waals surface area contributed by atoms with Gasteiger partial charge in [0.1, 0.15) is 0 Å². The summed E-state index contributed by atoms with van der Waals surface area (Å²) in [6, 6.07) is 0. The summed E-state index contributed by atoms with van der Waals surface area (Å²) in [5.74, 6) is 8.94. The smallest absolute Gasteiger partial charge is 0.0194 e. The molecule has 0 N–H and O–H groups in total. The fraction of sp³-hybridized carbons (Fsp3) is 0.889. The highest BCUT2D eigenvalue weighted by molar-refractivity contribution is 5.21. The van der Waals surface area contributed by atoms with E-state index in [1.807, 2.05) is 0 Å². The monoisotopic (exact) mass is 242 g/mol. The van der Waals surface area contributed by atoms with Crippen LogP contribution in [-0.2, 0) is 0 Å². The summed E-state index contributed by atoms with van der Waals surface area (Å²) in [5.41, 5.74) is 0. The SMILES string of the molecule is C1=CC2CC1C1C3CC(C4CCCCCCC43)C21. The topological polar surface area (TPSA) is 0 Å². The maximum atomic E-state index is 2.60. The van der Waals surface area contributed by atoms with Crippen LogP contribution in [0.25, 0.3) is 0 Å². The van der Waals surface area contributed by atoms with E-state index in [1.54, 1.807) is 38.5 Å². The minimum atomic E-state index is 1.02. The van der Waals surface area contributed by atoms with E-state index in [0.29, 0.717) is 0 Å². The van der Waals surface area contributed by atoms with E-state index in [9.17, 15) is 0 Å². The zero-order valence-electron chi connectivity index (χ0n) is 11.4. The van der Waals surface area contributed by atoms with Crippen LogP contribution in [0, 0.1) is 47.3 Å². The van der Waals surface area contributed by atoms with Gasteiger partial charge in [-0.15, -0.1) is 0 Å². The third-order valence-corrected chi connectivity index (χ3v) is 7.59. The van der Waals surface area contributed by atoms with Crippen molar-refractivity contribution in [1.82, 2.24) is 0 Å². The maximum absolute atomic E-state index is 2.60. The first-order valence-electron chi connectivity index (χ1n) is 8.62. The van der Waals surface area contributed by atoms with Crippen molar-refractivity contribution < 1.29 is 0 Å². The van der Waals surface area contributed by atoms with E-state index >= 15 is 0 Å². The van der Waals surface area contributed by atoms with Crippen LogP contribution in [0.15, 0.2) is 12.2 Å². The third-order valence-electron chi connectivity index (χ3n) is 7.59. The van der Waals surface area contributed by atoms with Gasteiger partial charge in [-0.05, 0) is 73.0 Å². The summed E-state index contributed by atoms with van der Waals surface area (Å²) < 4.78 is 0. The lowest BCUT2D eigenvalue weighted by atomic mass is 9.62. The Labute approximate surface area is 111 Å². The van der Waals surface area contributed by atoms with Crippen LogP contribution in [-0.4, -0.2) is 0 Å². The highest BCUT2D eigenvalue weighted by atomic mass is 14.7. The first kappa shape index (κ1) is 10.5. The fourth-order valence-electron chi connectivity index (χ4n) is 7.26. The third kappa shape index (κ3) is 1.18. The lowest BCUT2D eigenvalue weighted by Crippen LogP contribution is -2.37. The molecule has 4 saturated carbocycles. The van der Waals surface area contributed by atoms with E-state index in [1.165, 1.54) is 12.8 Å².